The molecule has 0 radical (unpaired) electrons. The zero-order valence-electron chi connectivity index (χ0n) is 14.3. The number of hydrogen-bond donors (Lipinski definition) is 1. The predicted octanol–water partition coefficient (Wildman–Crippen LogP) is 3.42. The zero-order valence-corrected chi connectivity index (χ0v) is 15.1. The number of nitrogens with zero attached hydrogens (tertiary/aromatic N) is 2. The minimum atomic E-state index is -1.02. The first-order chi connectivity index (χ1) is 12.5. The van der Waals surface area contributed by atoms with Crippen LogP contribution in [0.15, 0.2) is 29.1 Å². The number of aromatic carboxylic acids is 1. The minimum absolute atomic E-state index is 0.163. The molecule has 1 aliphatic rings. The summed E-state index contributed by atoms with van der Waals surface area (Å²) in [6.45, 7) is 2.22. The predicted molar refractivity (Wildman–Crippen MR) is 101 cm³/mol. The monoisotopic (exact) mass is 368 g/mol. The molecular formula is C19H16N2O4S. The van der Waals surface area contributed by atoms with Crippen molar-refractivity contribution in [1.29, 1.82) is 0 Å². The average molecular weight is 368 g/mol. The largest absolute Gasteiger partial charge is 0.497 e. The highest BCUT2D eigenvalue weighted by atomic mass is 32.1. The van der Waals surface area contributed by atoms with Gasteiger partial charge < -0.3 is 9.84 Å². The minimum Gasteiger partial charge on any atom is -0.497 e. The highest BCUT2D eigenvalue weighted by Gasteiger charge is 2.25. The Balaban J connectivity index is 1.86. The van der Waals surface area contributed by atoms with Crippen molar-refractivity contribution in [2.24, 2.45) is 0 Å². The highest BCUT2D eigenvalue weighted by Crippen LogP contribution is 2.32. The van der Waals surface area contributed by atoms with Crippen molar-refractivity contribution in [2.75, 3.05) is 7.11 Å². The average Bonchev–Trinajstić information content (AvgIpc) is 3.18. The van der Waals surface area contributed by atoms with Gasteiger partial charge in [0.1, 0.15) is 21.3 Å². The summed E-state index contributed by atoms with van der Waals surface area (Å²) in [5, 5.41) is 9.73. The van der Waals surface area contributed by atoms with Gasteiger partial charge in [0.25, 0.3) is 5.56 Å². The summed E-state index contributed by atoms with van der Waals surface area (Å²) < 4.78 is 6.81. The van der Waals surface area contributed by atoms with E-state index in [0.717, 1.165) is 34.6 Å². The number of carboxylic acids is 1. The van der Waals surface area contributed by atoms with Gasteiger partial charge in [0.05, 0.1) is 12.5 Å². The molecule has 0 amide bonds. The number of ether oxygens (including phenoxy) is 1. The van der Waals surface area contributed by atoms with Crippen LogP contribution in [0.2, 0.25) is 0 Å². The molecule has 1 N–H and O–H groups in total. The topological polar surface area (TPSA) is 81.4 Å². The Kier molecular flexibility index (Phi) is 3.88. The quantitative estimate of drug-likeness (QED) is 0.766. The molecule has 132 valence electrons. The number of hydrogen-bond acceptors (Lipinski definition) is 5. The first-order valence-corrected chi connectivity index (χ1v) is 8.93. The van der Waals surface area contributed by atoms with Crippen molar-refractivity contribution in [2.45, 2.75) is 19.9 Å². The lowest BCUT2D eigenvalue weighted by Gasteiger charge is -2.04. The summed E-state index contributed by atoms with van der Waals surface area (Å²) >= 11 is 1.06. The van der Waals surface area contributed by atoms with Crippen molar-refractivity contribution >= 4 is 39.2 Å². The van der Waals surface area contributed by atoms with Crippen LogP contribution in [0.5, 0.6) is 5.75 Å². The Labute approximate surface area is 153 Å². The molecule has 7 heteroatoms. The molecule has 4 rings (SSSR count). The van der Waals surface area contributed by atoms with Crippen LogP contribution in [0.25, 0.3) is 21.9 Å². The first kappa shape index (κ1) is 16.5. The molecule has 6 nitrogen and oxygen atoms in total. The van der Waals surface area contributed by atoms with Crippen LogP contribution in [0.4, 0.5) is 0 Å². The molecule has 0 fully saturated rings. The fourth-order valence-electron chi connectivity index (χ4n) is 3.26. The number of fused-ring (bicyclic) bond motifs is 2. The lowest BCUT2D eigenvalue weighted by Crippen LogP contribution is -2.20. The zero-order chi connectivity index (χ0) is 18.4. The van der Waals surface area contributed by atoms with Crippen LogP contribution in [-0.2, 0) is 6.54 Å². The maximum Gasteiger partial charge on any atom is 0.346 e. The van der Waals surface area contributed by atoms with Crippen molar-refractivity contribution in [3.63, 3.8) is 0 Å². The molecule has 2 aromatic heterocycles. The summed E-state index contributed by atoms with van der Waals surface area (Å²) in [5.41, 5.74) is 2.30. The summed E-state index contributed by atoms with van der Waals surface area (Å²) in [6, 6.07) is 7.66. The number of carboxylic acid groups (broad SMARTS) is 1. The van der Waals surface area contributed by atoms with Crippen molar-refractivity contribution in [3.8, 4) is 5.75 Å². The van der Waals surface area contributed by atoms with E-state index < -0.39 is 5.97 Å². The molecule has 0 saturated heterocycles. The number of aryl methyl sites for hydroxylation is 1. The molecular weight excluding hydrogens is 352 g/mol. The smallest absolute Gasteiger partial charge is 0.346 e. The fourth-order valence-corrected chi connectivity index (χ4v) is 4.27. The Morgan fingerprint density at radius 3 is 2.73 bits per heavy atom. The van der Waals surface area contributed by atoms with Gasteiger partial charge in [0.2, 0.25) is 0 Å². The van der Waals surface area contributed by atoms with Gasteiger partial charge in [-0.2, -0.15) is 0 Å². The van der Waals surface area contributed by atoms with E-state index in [4.69, 9.17) is 4.74 Å². The maximum atomic E-state index is 12.9. The van der Waals surface area contributed by atoms with Crippen LogP contribution in [0.1, 0.15) is 33.0 Å². The van der Waals surface area contributed by atoms with Gasteiger partial charge in [-0.05, 0) is 48.3 Å². The second kappa shape index (κ2) is 6.10. The molecule has 0 bridgehead atoms. The molecule has 0 spiro atoms. The second-order valence-electron chi connectivity index (χ2n) is 6.13. The Bertz CT molecular complexity index is 1120. The van der Waals surface area contributed by atoms with E-state index in [-0.39, 0.29) is 10.4 Å². The van der Waals surface area contributed by atoms with Gasteiger partial charge in [-0.25, -0.2) is 9.78 Å². The number of methoxy groups -OCH3 is 1. The van der Waals surface area contributed by atoms with Crippen molar-refractivity contribution < 1.29 is 14.6 Å². The number of thiophene rings is 1. The fraction of sp³-hybridized carbons (Fsp3) is 0.211. The Hall–Kier alpha value is -2.93. The van der Waals surface area contributed by atoms with Gasteiger partial charge in [0.15, 0.2) is 0 Å². The van der Waals surface area contributed by atoms with Gasteiger partial charge in [-0.3, -0.25) is 9.36 Å². The third kappa shape index (κ3) is 2.52. The SMILES string of the molecule is COc1ccc(C=C2CCn3c2nc2sc(C(=O)O)c(C)c2c3=O)cc1. The van der Waals surface area contributed by atoms with E-state index in [0.29, 0.717) is 28.1 Å². The van der Waals surface area contributed by atoms with E-state index in [9.17, 15) is 14.7 Å². The summed E-state index contributed by atoms with van der Waals surface area (Å²) in [6.07, 6.45) is 2.73. The molecule has 0 saturated carbocycles. The number of aromatic nitrogens is 2. The van der Waals surface area contributed by atoms with Gasteiger partial charge in [-0.1, -0.05) is 12.1 Å². The molecule has 26 heavy (non-hydrogen) atoms. The van der Waals surface area contributed by atoms with Crippen molar-refractivity contribution in [3.05, 3.63) is 56.4 Å². The highest BCUT2D eigenvalue weighted by molar-refractivity contribution is 7.20. The summed E-state index contributed by atoms with van der Waals surface area (Å²) in [7, 11) is 1.62. The van der Waals surface area contributed by atoms with Gasteiger partial charge in [0, 0.05) is 6.54 Å². The third-order valence-electron chi connectivity index (χ3n) is 4.59. The number of carbonyl (C=O) groups is 1. The lowest BCUT2D eigenvalue weighted by molar-refractivity contribution is 0.0701. The van der Waals surface area contributed by atoms with Crippen molar-refractivity contribution in [1.82, 2.24) is 9.55 Å². The molecule has 1 aromatic carbocycles. The number of rotatable bonds is 3. The second-order valence-corrected chi connectivity index (χ2v) is 7.13. The van der Waals surface area contributed by atoms with Gasteiger partial charge in [-0.15, -0.1) is 11.3 Å². The van der Waals surface area contributed by atoms with Crippen LogP contribution in [0.3, 0.4) is 0 Å². The van der Waals surface area contributed by atoms with E-state index in [1.165, 1.54) is 0 Å². The van der Waals surface area contributed by atoms with Gasteiger partial charge >= 0.3 is 5.97 Å². The molecule has 3 heterocycles. The normalized spacial score (nSPS) is 14.8. The Morgan fingerprint density at radius 2 is 2.08 bits per heavy atom. The van der Waals surface area contributed by atoms with Crippen LogP contribution in [-0.4, -0.2) is 27.7 Å². The standard InChI is InChI=1S/C19H16N2O4S/c1-10-14-17(26-15(10)19(23)24)20-16-12(7-8-21(16)18(14)22)9-11-3-5-13(25-2)6-4-11/h3-6,9H,7-8H2,1-2H3,(H,23,24). The number of allylic oxidation sites excluding steroid dienone is 1. The van der Waals surface area contributed by atoms with Crippen LogP contribution in [0, 0.1) is 6.92 Å². The number of benzene rings is 1. The maximum absolute atomic E-state index is 12.9. The lowest BCUT2D eigenvalue weighted by atomic mass is 10.1. The molecule has 1 aliphatic heterocycles. The summed E-state index contributed by atoms with van der Waals surface area (Å²) in [5.74, 6) is 0.380. The van der Waals surface area contributed by atoms with Crippen LogP contribution < -0.4 is 10.3 Å². The van der Waals surface area contributed by atoms with E-state index in [1.807, 2.05) is 30.3 Å². The van der Waals surface area contributed by atoms with E-state index >= 15 is 0 Å². The molecule has 0 aliphatic carbocycles. The summed E-state index contributed by atoms with van der Waals surface area (Å²) in [4.78, 5) is 29.5. The molecule has 0 atom stereocenters. The van der Waals surface area contributed by atoms with E-state index in [2.05, 4.69) is 4.98 Å². The molecule has 0 unspecified atom stereocenters. The van der Waals surface area contributed by atoms with E-state index in [1.54, 1.807) is 18.6 Å². The van der Waals surface area contributed by atoms with Crippen LogP contribution >= 0.6 is 11.3 Å². The first-order valence-electron chi connectivity index (χ1n) is 8.12. The third-order valence-corrected chi connectivity index (χ3v) is 5.77. The molecule has 3 aromatic rings. The Morgan fingerprint density at radius 1 is 1.35 bits per heavy atom.